The van der Waals surface area contributed by atoms with Crippen LogP contribution in [-0.2, 0) is 4.74 Å². The molecule has 0 bridgehead atoms. The molecule has 7 heteroatoms. The van der Waals surface area contributed by atoms with Crippen LogP contribution in [0.2, 0.25) is 10.0 Å². The third-order valence-corrected chi connectivity index (χ3v) is 3.68. The predicted octanol–water partition coefficient (Wildman–Crippen LogP) is 3.86. The highest BCUT2D eigenvalue weighted by Gasteiger charge is 2.19. The number of halogens is 2. The Hall–Kier alpha value is -1.82. The number of hydrogen-bond donors (Lipinski definition) is 1. The summed E-state index contributed by atoms with van der Waals surface area (Å²) >= 11 is 12.0. The van der Waals surface area contributed by atoms with E-state index in [1.807, 2.05) is 19.1 Å². The van der Waals surface area contributed by atoms with Gasteiger partial charge in [0.1, 0.15) is 5.56 Å². The van der Waals surface area contributed by atoms with Crippen LogP contribution in [0.5, 0.6) is 5.75 Å². The molecule has 1 amide bonds. The number of benzene rings is 1. The number of methoxy groups -OCH3 is 1. The summed E-state index contributed by atoms with van der Waals surface area (Å²) in [5.74, 6) is -0.0916. The number of amides is 1. The lowest BCUT2D eigenvalue weighted by Gasteiger charge is -2.17. The zero-order chi connectivity index (χ0) is 16.8. The van der Waals surface area contributed by atoms with Crippen LogP contribution < -0.4 is 10.1 Å². The first-order chi connectivity index (χ1) is 11.0. The molecule has 0 radical (unpaired) electrons. The molecule has 23 heavy (non-hydrogen) atoms. The van der Waals surface area contributed by atoms with Crippen molar-refractivity contribution in [2.24, 2.45) is 0 Å². The van der Waals surface area contributed by atoms with Gasteiger partial charge >= 0.3 is 0 Å². The van der Waals surface area contributed by atoms with Crippen molar-refractivity contribution in [1.82, 2.24) is 10.3 Å². The fraction of sp³-hybridized carbons (Fsp3) is 0.250. The van der Waals surface area contributed by atoms with Crippen LogP contribution >= 0.6 is 23.2 Å². The Labute approximate surface area is 144 Å². The molecule has 1 aromatic carbocycles. The van der Waals surface area contributed by atoms with E-state index in [-0.39, 0.29) is 35.1 Å². The third-order valence-electron chi connectivity index (χ3n) is 3.14. The molecule has 0 saturated heterocycles. The van der Waals surface area contributed by atoms with Gasteiger partial charge in [0.15, 0.2) is 12.5 Å². The molecule has 0 aliphatic carbocycles. The summed E-state index contributed by atoms with van der Waals surface area (Å²) in [4.78, 5) is 16.4. The Morgan fingerprint density at radius 3 is 2.61 bits per heavy atom. The third kappa shape index (κ3) is 4.58. The highest BCUT2D eigenvalue weighted by Crippen LogP contribution is 2.26. The van der Waals surface area contributed by atoms with Gasteiger partial charge in [0.2, 0.25) is 0 Å². The van der Waals surface area contributed by atoms with E-state index < -0.39 is 0 Å². The van der Waals surface area contributed by atoms with Gasteiger partial charge in [-0.1, -0.05) is 35.3 Å². The topological polar surface area (TPSA) is 60.5 Å². The molecule has 2 rings (SSSR count). The lowest BCUT2D eigenvalue weighted by atomic mass is 10.1. The summed E-state index contributed by atoms with van der Waals surface area (Å²) in [6.45, 7) is 1.86. The van der Waals surface area contributed by atoms with E-state index in [0.717, 1.165) is 5.56 Å². The van der Waals surface area contributed by atoms with Gasteiger partial charge in [-0.05, 0) is 24.6 Å². The molecule has 1 N–H and O–H groups in total. The molecule has 5 nitrogen and oxygen atoms in total. The minimum atomic E-state index is -0.356. The lowest BCUT2D eigenvalue weighted by Crippen LogP contribution is -2.27. The summed E-state index contributed by atoms with van der Waals surface area (Å²) in [7, 11) is 1.49. The van der Waals surface area contributed by atoms with Crippen molar-refractivity contribution >= 4 is 29.1 Å². The van der Waals surface area contributed by atoms with Gasteiger partial charge in [-0.3, -0.25) is 9.78 Å². The maximum absolute atomic E-state index is 12.5. The number of ether oxygens (including phenoxy) is 2. The zero-order valence-corrected chi connectivity index (χ0v) is 14.2. The SMILES string of the molecule is COCOc1cncc(Cl)c1C(=O)N[C@@H](C)c1ccc(Cl)cc1. The molecule has 1 atom stereocenters. The Morgan fingerprint density at radius 1 is 1.26 bits per heavy atom. The maximum atomic E-state index is 12.5. The van der Waals surface area contributed by atoms with Crippen molar-refractivity contribution in [2.75, 3.05) is 13.9 Å². The van der Waals surface area contributed by atoms with Crippen molar-refractivity contribution in [3.63, 3.8) is 0 Å². The molecule has 0 fully saturated rings. The number of carbonyl (C=O) groups is 1. The van der Waals surface area contributed by atoms with Crippen molar-refractivity contribution in [1.29, 1.82) is 0 Å². The molecule has 2 aromatic rings. The number of nitrogens with zero attached hydrogens (tertiary/aromatic N) is 1. The van der Waals surface area contributed by atoms with E-state index in [1.165, 1.54) is 19.5 Å². The summed E-state index contributed by atoms with van der Waals surface area (Å²) in [6, 6.07) is 7.02. The van der Waals surface area contributed by atoms with Crippen molar-refractivity contribution in [2.45, 2.75) is 13.0 Å². The van der Waals surface area contributed by atoms with Crippen LogP contribution in [0.3, 0.4) is 0 Å². The zero-order valence-electron chi connectivity index (χ0n) is 12.7. The van der Waals surface area contributed by atoms with E-state index in [1.54, 1.807) is 12.1 Å². The molecule has 0 aliphatic rings. The summed E-state index contributed by atoms with van der Waals surface area (Å²) < 4.78 is 10.2. The molecule has 1 aromatic heterocycles. The second-order valence-electron chi connectivity index (χ2n) is 4.79. The number of nitrogens with one attached hydrogen (secondary N) is 1. The fourth-order valence-corrected chi connectivity index (χ4v) is 2.33. The molecular weight excluding hydrogens is 339 g/mol. The highest BCUT2D eigenvalue weighted by molar-refractivity contribution is 6.34. The first kappa shape index (κ1) is 17.5. The molecular formula is C16H16Cl2N2O3. The van der Waals surface area contributed by atoms with Gasteiger partial charge in [0.25, 0.3) is 5.91 Å². The van der Waals surface area contributed by atoms with E-state index in [2.05, 4.69) is 10.3 Å². The van der Waals surface area contributed by atoms with Crippen molar-refractivity contribution in [3.8, 4) is 5.75 Å². The first-order valence-corrected chi connectivity index (χ1v) is 7.60. The smallest absolute Gasteiger partial charge is 0.257 e. The Bertz CT molecular complexity index is 678. The number of hydrogen-bond acceptors (Lipinski definition) is 4. The first-order valence-electron chi connectivity index (χ1n) is 6.84. The van der Waals surface area contributed by atoms with Crippen LogP contribution in [-0.4, -0.2) is 24.8 Å². The molecule has 0 spiro atoms. The molecule has 0 aliphatic heterocycles. The van der Waals surface area contributed by atoms with Gasteiger partial charge < -0.3 is 14.8 Å². The van der Waals surface area contributed by atoms with Gasteiger partial charge in [-0.25, -0.2) is 0 Å². The Kier molecular flexibility index (Phi) is 6.21. The predicted molar refractivity (Wildman–Crippen MR) is 89.1 cm³/mol. The standard InChI is InChI=1S/C16H16Cl2N2O3/c1-10(11-3-5-12(17)6-4-11)20-16(21)15-13(18)7-19-8-14(15)23-9-22-2/h3-8,10H,9H2,1-2H3,(H,20,21)/t10-/m0/s1. The second kappa shape index (κ2) is 8.15. The minimum absolute atomic E-state index is 0.00492. The maximum Gasteiger partial charge on any atom is 0.257 e. The second-order valence-corrected chi connectivity index (χ2v) is 5.64. The van der Waals surface area contributed by atoms with E-state index in [4.69, 9.17) is 32.7 Å². The van der Waals surface area contributed by atoms with Gasteiger partial charge in [-0.2, -0.15) is 0 Å². The fourth-order valence-electron chi connectivity index (χ4n) is 1.97. The van der Waals surface area contributed by atoms with Gasteiger partial charge in [0.05, 0.1) is 17.3 Å². The molecule has 122 valence electrons. The summed E-state index contributed by atoms with van der Waals surface area (Å²) in [5, 5.41) is 3.72. The quantitative estimate of drug-likeness (QED) is 0.800. The summed E-state index contributed by atoms with van der Waals surface area (Å²) in [5.41, 5.74) is 1.15. The normalized spacial score (nSPS) is 11.8. The Morgan fingerprint density at radius 2 is 1.96 bits per heavy atom. The average Bonchev–Trinajstić information content (AvgIpc) is 2.53. The van der Waals surface area contributed by atoms with Crippen LogP contribution in [0.4, 0.5) is 0 Å². The van der Waals surface area contributed by atoms with Crippen LogP contribution in [0, 0.1) is 0 Å². The van der Waals surface area contributed by atoms with Gasteiger partial charge in [-0.15, -0.1) is 0 Å². The van der Waals surface area contributed by atoms with E-state index in [9.17, 15) is 4.79 Å². The largest absolute Gasteiger partial charge is 0.465 e. The van der Waals surface area contributed by atoms with Crippen LogP contribution in [0.1, 0.15) is 28.9 Å². The van der Waals surface area contributed by atoms with E-state index >= 15 is 0 Å². The number of carbonyl (C=O) groups excluding carboxylic acids is 1. The van der Waals surface area contributed by atoms with Crippen molar-refractivity contribution in [3.05, 3.63) is 57.8 Å². The van der Waals surface area contributed by atoms with Crippen LogP contribution in [0.15, 0.2) is 36.7 Å². The van der Waals surface area contributed by atoms with Crippen molar-refractivity contribution < 1.29 is 14.3 Å². The lowest BCUT2D eigenvalue weighted by molar-refractivity contribution is 0.0498. The monoisotopic (exact) mass is 354 g/mol. The number of pyridine rings is 1. The molecule has 1 heterocycles. The Balaban J connectivity index is 2.18. The van der Waals surface area contributed by atoms with Crippen LogP contribution in [0.25, 0.3) is 0 Å². The summed E-state index contributed by atoms with van der Waals surface area (Å²) in [6.07, 6.45) is 2.82. The average molecular weight is 355 g/mol. The van der Waals surface area contributed by atoms with E-state index in [0.29, 0.717) is 5.02 Å². The molecule has 0 saturated carbocycles. The number of rotatable bonds is 6. The van der Waals surface area contributed by atoms with Gasteiger partial charge in [0, 0.05) is 18.3 Å². The number of aromatic nitrogens is 1. The highest BCUT2D eigenvalue weighted by atomic mass is 35.5. The minimum Gasteiger partial charge on any atom is -0.465 e. The molecule has 0 unspecified atom stereocenters.